The Labute approximate surface area is 364 Å². The summed E-state index contributed by atoms with van der Waals surface area (Å²) in [6, 6.07) is -1.58. The number of carbonyl (C=O) groups excluding carboxylic acids is 8. The summed E-state index contributed by atoms with van der Waals surface area (Å²) < 4.78 is 50.6. The topological polar surface area (TPSA) is 288 Å². The molecule has 0 spiro atoms. The highest BCUT2D eigenvalue weighted by Crippen LogP contribution is 2.16. The molecule has 354 valence electrons. The number of hydrogen-bond donors (Lipinski definition) is 5. The minimum absolute atomic E-state index is 0.00647. The second-order valence-corrected chi connectivity index (χ2v) is 13.9. The minimum Gasteiger partial charge on any atom is -0.379 e. The highest BCUT2D eigenvalue weighted by atomic mass is 16.6. The monoisotopic (exact) mass is 889 g/mol. The fourth-order valence-electron chi connectivity index (χ4n) is 5.41. The molecule has 0 bridgehead atoms. The van der Waals surface area contributed by atoms with Crippen molar-refractivity contribution in [2.75, 3.05) is 132 Å². The van der Waals surface area contributed by atoms with Crippen molar-refractivity contribution in [3.63, 3.8) is 0 Å². The van der Waals surface area contributed by atoms with Crippen molar-refractivity contribution < 1.29 is 77.6 Å². The molecule has 0 saturated carbocycles. The molecule has 0 radical (unpaired) electrons. The first kappa shape index (κ1) is 53.7. The van der Waals surface area contributed by atoms with Gasteiger partial charge in [-0.15, -0.1) is 0 Å². The number of aldehydes is 1. The fraction of sp³-hybridized carbons (Fsp3) is 0.750. The molecule has 1 heterocycles. The number of rotatable bonds is 42. The average Bonchev–Trinajstić information content (AvgIpc) is 3.56. The van der Waals surface area contributed by atoms with Gasteiger partial charge >= 0.3 is 6.03 Å². The van der Waals surface area contributed by atoms with Crippen molar-refractivity contribution in [1.82, 2.24) is 26.2 Å². The minimum atomic E-state index is -0.982. The van der Waals surface area contributed by atoms with Crippen molar-refractivity contribution in [3.05, 3.63) is 12.2 Å². The van der Waals surface area contributed by atoms with Crippen molar-refractivity contribution in [2.24, 2.45) is 17.6 Å². The maximum absolute atomic E-state index is 13.2. The number of ether oxygens (including phenoxy) is 8. The van der Waals surface area contributed by atoms with Crippen LogP contribution in [0.5, 0.6) is 0 Å². The number of nitrogens with one attached hydrogen (secondary N) is 4. The predicted molar refractivity (Wildman–Crippen MR) is 220 cm³/mol. The summed E-state index contributed by atoms with van der Waals surface area (Å²) >= 11 is 0. The van der Waals surface area contributed by atoms with Crippen LogP contribution in [-0.2, 0) is 71.5 Å². The van der Waals surface area contributed by atoms with Crippen LogP contribution in [0.15, 0.2) is 12.2 Å². The lowest BCUT2D eigenvalue weighted by molar-refractivity contribution is -0.137. The van der Waals surface area contributed by atoms with Gasteiger partial charge in [-0.25, -0.2) is 4.79 Å². The van der Waals surface area contributed by atoms with Gasteiger partial charge in [0.25, 0.3) is 11.8 Å². The number of hydrogen-bond acceptors (Lipinski definition) is 16. The fourth-order valence-corrected chi connectivity index (χ4v) is 5.41. The molecule has 7 amide bonds. The van der Waals surface area contributed by atoms with E-state index in [1.54, 1.807) is 13.8 Å². The van der Waals surface area contributed by atoms with Crippen molar-refractivity contribution >= 4 is 47.6 Å². The lowest BCUT2D eigenvalue weighted by atomic mass is 9.89. The highest BCUT2D eigenvalue weighted by molar-refractivity contribution is 6.13. The summed E-state index contributed by atoms with van der Waals surface area (Å²) in [5.41, 5.74) is 5.07. The van der Waals surface area contributed by atoms with Crippen LogP contribution in [-0.4, -0.2) is 190 Å². The molecule has 0 unspecified atom stereocenters. The second kappa shape index (κ2) is 37.2. The molecular weight excluding hydrogens is 820 g/mol. The quantitative estimate of drug-likeness (QED) is 0.0263. The summed E-state index contributed by atoms with van der Waals surface area (Å²) in [6.07, 6.45) is 1.76. The molecule has 0 fully saturated rings. The van der Waals surface area contributed by atoms with E-state index in [0.29, 0.717) is 105 Å². The van der Waals surface area contributed by atoms with Crippen LogP contribution in [0, 0.1) is 11.8 Å². The lowest BCUT2D eigenvalue weighted by Gasteiger charge is -2.24. The highest BCUT2D eigenvalue weighted by Gasteiger charge is 2.29. The maximum Gasteiger partial charge on any atom is 0.312 e. The molecule has 1 aliphatic heterocycles. The molecule has 6 N–H and O–H groups in total. The first-order valence-corrected chi connectivity index (χ1v) is 20.9. The van der Waals surface area contributed by atoms with Crippen molar-refractivity contribution in [2.45, 2.75) is 52.0 Å². The first-order valence-electron chi connectivity index (χ1n) is 21.4. The van der Waals surface area contributed by atoms with Crippen LogP contribution < -0.4 is 27.0 Å². The van der Waals surface area contributed by atoms with Crippen molar-refractivity contribution in [3.8, 4) is 0 Å². The third-order valence-corrected chi connectivity index (χ3v) is 8.62. The molecule has 22 nitrogen and oxygen atoms in total. The summed E-state index contributed by atoms with van der Waals surface area (Å²) in [4.78, 5) is 96.1. The molecule has 0 saturated heterocycles. The van der Waals surface area contributed by atoms with Gasteiger partial charge in [0.05, 0.1) is 118 Å². The number of carbonyl (C=O) groups is 8. The summed E-state index contributed by atoms with van der Waals surface area (Å²) in [5.74, 6) is -3.53. The third kappa shape index (κ3) is 29.8. The van der Waals surface area contributed by atoms with E-state index in [9.17, 15) is 38.4 Å². The smallest absolute Gasteiger partial charge is 0.312 e. The molecule has 2 atom stereocenters. The van der Waals surface area contributed by atoms with Crippen LogP contribution in [0.25, 0.3) is 0 Å². The molecule has 22 heteroatoms. The van der Waals surface area contributed by atoms with Gasteiger partial charge < -0.3 is 69.7 Å². The predicted octanol–water partition coefficient (Wildman–Crippen LogP) is -1.58. The van der Waals surface area contributed by atoms with E-state index in [1.165, 1.54) is 12.2 Å². The molecule has 0 aromatic carbocycles. The normalized spacial score (nSPS) is 13.5. The Morgan fingerprint density at radius 1 is 0.661 bits per heavy atom. The average molecular weight is 890 g/mol. The molecule has 0 aromatic heterocycles. The Balaban J connectivity index is 1.93. The summed E-state index contributed by atoms with van der Waals surface area (Å²) in [6.45, 7) is 9.21. The first-order chi connectivity index (χ1) is 30.3. The molecule has 1 aliphatic rings. The van der Waals surface area contributed by atoms with E-state index >= 15 is 0 Å². The zero-order chi connectivity index (χ0) is 46.5. The number of nitrogens with two attached hydrogens (primary N) is 1. The third-order valence-electron chi connectivity index (χ3n) is 8.62. The number of urea groups is 1. The van der Waals surface area contributed by atoms with E-state index in [4.69, 9.17) is 45.0 Å². The number of Topliss-reactive ketones (excluding diaryl/α,β-unsaturated/α-hetero) is 1. The van der Waals surface area contributed by atoms with Crippen LogP contribution in [0.2, 0.25) is 0 Å². The van der Waals surface area contributed by atoms with Gasteiger partial charge in [0, 0.05) is 57.0 Å². The van der Waals surface area contributed by atoms with E-state index in [2.05, 4.69) is 21.3 Å². The Morgan fingerprint density at radius 2 is 1.13 bits per heavy atom. The zero-order valence-electron chi connectivity index (χ0n) is 37.1. The summed E-state index contributed by atoms with van der Waals surface area (Å²) in [5, 5.41) is 10.1. The molecule has 62 heavy (non-hydrogen) atoms. The Morgan fingerprint density at radius 3 is 1.58 bits per heavy atom. The van der Waals surface area contributed by atoms with Gasteiger partial charge in [-0.2, -0.15) is 0 Å². The largest absolute Gasteiger partial charge is 0.379 e. The Bertz CT molecular complexity index is 1390. The van der Waals surface area contributed by atoms with Crippen molar-refractivity contribution in [1.29, 1.82) is 0 Å². The number of amides is 7. The number of ketones is 1. The van der Waals surface area contributed by atoms with Crippen LogP contribution in [0.4, 0.5) is 4.79 Å². The van der Waals surface area contributed by atoms with E-state index in [0.717, 1.165) is 4.90 Å². The van der Waals surface area contributed by atoms with Crippen LogP contribution in [0.3, 0.4) is 0 Å². The molecule has 0 aliphatic carbocycles. The molecule has 0 aromatic rings. The van der Waals surface area contributed by atoms with Crippen LogP contribution in [0.1, 0.15) is 47.3 Å². The Kier molecular flexibility index (Phi) is 32.2. The Hall–Kier alpha value is -4.42. The van der Waals surface area contributed by atoms with Gasteiger partial charge in [0.15, 0.2) is 5.78 Å². The molecular formula is C40H68N6O16. The van der Waals surface area contributed by atoms with Gasteiger partial charge in [0.2, 0.25) is 17.7 Å². The van der Waals surface area contributed by atoms with Gasteiger partial charge in [0.1, 0.15) is 7.63 Å². The lowest BCUT2D eigenvalue weighted by Crippen LogP contribution is -2.46. The maximum atomic E-state index is 13.2. The number of nitrogens with zero attached hydrogens (tertiary/aromatic N) is 1. The second-order valence-electron chi connectivity index (χ2n) is 13.9. The van der Waals surface area contributed by atoms with Gasteiger partial charge in [-0.05, 0) is 18.8 Å². The van der Waals surface area contributed by atoms with E-state index in [1.807, 2.05) is 0 Å². The number of primary amides is 1. The summed E-state index contributed by atoms with van der Waals surface area (Å²) in [7, 11) is 0. The standard InChI is InChI=1S/C40H68N6O16/c1-31(2)38(33(48)30-32(39(53)43-10-13-47)4-3-9-44-40(41)54)45-35(50)8-14-55-16-18-57-20-22-59-24-26-61-28-29-62-27-25-60-23-21-58-19-17-56-15-11-42-34(49)7-12-46-36(51)5-6-37(46)52/h5-6,13,31-32,38H,3-4,7-12,14-30H2,1-2H3,(H,42,49)(H,43,53)(H,45,50)(H3,41,44,54)/t32-,38+/m1/s1/i13D. The van der Waals surface area contributed by atoms with Gasteiger partial charge in [-0.3, -0.25) is 33.7 Å². The SMILES string of the molecule is [2H]C(=O)CNC(=O)[C@H](CCCNC(N)=O)CC(=O)[C@@H](NC(=O)CCOCCOCCOCCOCCOCCOCCOCCOCCNC(=O)CCN1C(=O)C=CC1=O)C(C)C. The zero-order valence-corrected chi connectivity index (χ0v) is 36.1. The van der Waals surface area contributed by atoms with E-state index < -0.39 is 54.4 Å². The van der Waals surface area contributed by atoms with E-state index in [-0.39, 0.29) is 69.6 Å². The number of imide groups is 1. The van der Waals surface area contributed by atoms with Gasteiger partial charge in [-0.1, -0.05) is 13.8 Å². The van der Waals surface area contributed by atoms with Crippen LogP contribution >= 0.6 is 0 Å². The molecule has 1 rings (SSSR count).